The first-order chi connectivity index (χ1) is 16.2. The van der Waals surface area contributed by atoms with Crippen molar-refractivity contribution in [1.82, 2.24) is 4.98 Å². The fraction of sp³-hybridized carbons (Fsp3) is 0.115. The van der Waals surface area contributed by atoms with E-state index >= 15 is 0 Å². The molecule has 1 unspecified atom stereocenters. The molecule has 170 valence electrons. The molecule has 3 aromatic carbocycles. The van der Waals surface area contributed by atoms with Crippen LogP contribution < -0.4 is 4.90 Å². The Balaban J connectivity index is 1.74. The Bertz CT molecular complexity index is 1470. The van der Waals surface area contributed by atoms with Crippen molar-refractivity contribution in [2.24, 2.45) is 0 Å². The Morgan fingerprint density at radius 1 is 1.03 bits per heavy atom. The van der Waals surface area contributed by atoms with Crippen LogP contribution in [0, 0.1) is 13.8 Å². The normalized spacial score (nSPS) is 17.6. The number of hydrogen-bond donors (Lipinski definition) is 2. The molecule has 1 amide bonds. The van der Waals surface area contributed by atoms with Gasteiger partial charge in [-0.25, -0.2) is 4.98 Å². The van der Waals surface area contributed by atoms with E-state index in [-0.39, 0.29) is 17.1 Å². The van der Waals surface area contributed by atoms with E-state index in [0.29, 0.717) is 21.3 Å². The predicted octanol–water partition coefficient (Wildman–Crippen LogP) is 5.90. The molecule has 0 aliphatic carbocycles. The van der Waals surface area contributed by atoms with Gasteiger partial charge in [0.1, 0.15) is 11.5 Å². The summed E-state index contributed by atoms with van der Waals surface area (Å²) in [5.41, 5.74) is 3.70. The number of halogens is 1. The number of hydrogen-bond acceptors (Lipinski definition) is 6. The molecule has 1 atom stereocenters. The number of benzene rings is 3. The summed E-state index contributed by atoms with van der Waals surface area (Å²) in [5.74, 6) is -1.88. The number of aromatic nitrogens is 1. The highest BCUT2D eigenvalue weighted by Gasteiger charge is 2.48. The molecule has 0 spiro atoms. The quantitative estimate of drug-likeness (QED) is 0.212. The lowest BCUT2D eigenvalue weighted by Gasteiger charge is -2.23. The number of aliphatic hydroxyl groups is 1. The second-order valence-electron chi connectivity index (χ2n) is 8.17. The highest BCUT2D eigenvalue weighted by atomic mass is 35.5. The number of aryl methyl sites for hydroxylation is 2. The third kappa shape index (κ3) is 3.63. The van der Waals surface area contributed by atoms with Gasteiger partial charge in [0, 0.05) is 10.6 Å². The Kier molecular flexibility index (Phi) is 5.38. The molecule has 2 N–H and O–H groups in total. The van der Waals surface area contributed by atoms with Crippen LogP contribution in [0.15, 0.2) is 66.2 Å². The molecular weight excluding hydrogens is 472 g/mol. The van der Waals surface area contributed by atoms with Crippen molar-refractivity contribution in [1.29, 1.82) is 0 Å². The van der Waals surface area contributed by atoms with Gasteiger partial charge in [0.05, 0.1) is 21.8 Å². The molecule has 1 saturated heterocycles. The summed E-state index contributed by atoms with van der Waals surface area (Å²) in [4.78, 5) is 32.5. The summed E-state index contributed by atoms with van der Waals surface area (Å²) in [5, 5.41) is 21.7. The second-order valence-corrected chi connectivity index (χ2v) is 9.62. The molecule has 4 aromatic rings. The number of Topliss-reactive ketones (excluding diaryl/α,β-unsaturated/α-hetero) is 1. The lowest BCUT2D eigenvalue weighted by Crippen LogP contribution is -2.29. The average Bonchev–Trinajstić information content (AvgIpc) is 3.32. The van der Waals surface area contributed by atoms with Crippen molar-refractivity contribution >= 4 is 55.7 Å². The molecule has 1 aliphatic rings. The SMILES string of the molecule is Cc1cc2nc(N3C(=O)C(=O)/C(=C(/O)c4cccc(Cl)c4)C3c3ccc(O)cc3)sc2cc1C. The smallest absolute Gasteiger partial charge is 0.301 e. The molecule has 1 aromatic heterocycles. The molecule has 2 heterocycles. The number of anilines is 1. The number of fused-ring (bicyclic) bond motifs is 1. The number of carbonyl (C=O) groups excluding carboxylic acids is 2. The summed E-state index contributed by atoms with van der Waals surface area (Å²) in [6.45, 7) is 3.99. The Hall–Kier alpha value is -3.68. The largest absolute Gasteiger partial charge is 0.508 e. The van der Waals surface area contributed by atoms with Gasteiger partial charge in [0.25, 0.3) is 5.78 Å². The van der Waals surface area contributed by atoms with Crippen LogP contribution >= 0.6 is 22.9 Å². The Morgan fingerprint density at radius 3 is 2.44 bits per heavy atom. The fourth-order valence-corrected chi connectivity index (χ4v) is 5.33. The summed E-state index contributed by atoms with van der Waals surface area (Å²) >= 11 is 7.40. The van der Waals surface area contributed by atoms with Crippen molar-refractivity contribution < 1.29 is 19.8 Å². The molecule has 0 bridgehead atoms. The summed E-state index contributed by atoms with van der Waals surface area (Å²) < 4.78 is 0.888. The highest BCUT2D eigenvalue weighted by molar-refractivity contribution is 7.22. The van der Waals surface area contributed by atoms with Gasteiger partial charge in [-0.2, -0.15) is 0 Å². The number of amides is 1. The average molecular weight is 491 g/mol. The number of thiazole rings is 1. The lowest BCUT2D eigenvalue weighted by molar-refractivity contribution is -0.132. The maximum atomic E-state index is 13.3. The topological polar surface area (TPSA) is 90.7 Å². The van der Waals surface area contributed by atoms with Crippen molar-refractivity contribution in [3.63, 3.8) is 0 Å². The third-order valence-electron chi connectivity index (χ3n) is 5.95. The van der Waals surface area contributed by atoms with Gasteiger partial charge in [-0.15, -0.1) is 0 Å². The summed E-state index contributed by atoms with van der Waals surface area (Å²) in [7, 11) is 0. The third-order valence-corrected chi connectivity index (χ3v) is 7.20. The van der Waals surface area contributed by atoms with Gasteiger partial charge in [-0.05, 0) is 66.9 Å². The van der Waals surface area contributed by atoms with Gasteiger partial charge in [-0.1, -0.05) is 47.2 Å². The van der Waals surface area contributed by atoms with Crippen LogP contribution in [0.3, 0.4) is 0 Å². The first-order valence-corrected chi connectivity index (χ1v) is 11.7. The molecule has 6 nitrogen and oxygen atoms in total. The van der Waals surface area contributed by atoms with Crippen LogP contribution in [0.25, 0.3) is 16.0 Å². The van der Waals surface area contributed by atoms with E-state index < -0.39 is 17.7 Å². The van der Waals surface area contributed by atoms with E-state index in [1.54, 1.807) is 30.3 Å². The van der Waals surface area contributed by atoms with E-state index in [9.17, 15) is 19.8 Å². The molecule has 8 heteroatoms. The van der Waals surface area contributed by atoms with Gasteiger partial charge in [0.2, 0.25) is 0 Å². The molecule has 34 heavy (non-hydrogen) atoms. The first kappa shape index (κ1) is 22.1. The molecule has 1 fully saturated rings. The summed E-state index contributed by atoms with van der Waals surface area (Å²) in [6, 6.07) is 15.7. The number of ketones is 1. The standard InChI is InChI=1S/C26H19ClN2O4S/c1-13-10-19-20(11-14(13)2)34-26(28-19)29-22(15-6-8-18(30)9-7-15)21(24(32)25(29)33)23(31)16-4-3-5-17(27)12-16/h3-12,22,30-31H,1-2H3/b23-21+. The second kappa shape index (κ2) is 8.27. The number of phenols is 1. The van der Waals surface area contributed by atoms with Crippen LogP contribution in [0.2, 0.25) is 5.02 Å². The van der Waals surface area contributed by atoms with Gasteiger partial charge < -0.3 is 10.2 Å². The van der Waals surface area contributed by atoms with Crippen molar-refractivity contribution in [2.75, 3.05) is 4.90 Å². The fourth-order valence-electron chi connectivity index (χ4n) is 4.06. The minimum absolute atomic E-state index is 0.0430. The van der Waals surface area contributed by atoms with E-state index in [4.69, 9.17) is 11.6 Å². The van der Waals surface area contributed by atoms with Crippen LogP contribution in [-0.4, -0.2) is 26.9 Å². The Morgan fingerprint density at radius 2 is 1.74 bits per heavy atom. The maximum absolute atomic E-state index is 13.3. The number of carbonyl (C=O) groups is 2. The highest BCUT2D eigenvalue weighted by Crippen LogP contribution is 2.44. The summed E-state index contributed by atoms with van der Waals surface area (Å²) in [6.07, 6.45) is 0. The minimum Gasteiger partial charge on any atom is -0.508 e. The van der Waals surface area contributed by atoms with Crippen molar-refractivity contribution in [3.05, 3.63) is 93.5 Å². The first-order valence-electron chi connectivity index (χ1n) is 10.5. The van der Waals surface area contributed by atoms with Crippen LogP contribution in [0.5, 0.6) is 5.75 Å². The monoisotopic (exact) mass is 490 g/mol. The van der Waals surface area contributed by atoms with Gasteiger partial charge in [-0.3, -0.25) is 14.5 Å². The van der Waals surface area contributed by atoms with Crippen molar-refractivity contribution in [3.8, 4) is 5.75 Å². The molecular formula is C26H19ClN2O4S. The number of aliphatic hydroxyl groups excluding tert-OH is 1. The van der Waals surface area contributed by atoms with Gasteiger partial charge >= 0.3 is 5.91 Å². The zero-order valence-electron chi connectivity index (χ0n) is 18.2. The van der Waals surface area contributed by atoms with E-state index in [1.807, 2.05) is 26.0 Å². The minimum atomic E-state index is -0.928. The number of rotatable bonds is 3. The van der Waals surface area contributed by atoms with Crippen LogP contribution in [-0.2, 0) is 9.59 Å². The molecule has 1 aliphatic heterocycles. The Labute approximate surface area is 204 Å². The number of aromatic hydroxyl groups is 1. The number of phenolic OH excluding ortho intramolecular Hbond substituents is 1. The molecule has 5 rings (SSSR count). The zero-order valence-corrected chi connectivity index (χ0v) is 19.8. The predicted molar refractivity (Wildman–Crippen MR) is 133 cm³/mol. The maximum Gasteiger partial charge on any atom is 0.301 e. The van der Waals surface area contributed by atoms with Gasteiger partial charge in [0.15, 0.2) is 5.13 Å². The number of nitrogens with zero attached hydrogens (tertiary/aromatic N) is 2. The molecule has 0 saturated carbocycles. The zero-order chi connectivity index (χ0) is 24.1. The van der Waals surface area contributed by atoms with E-state index in [0.717, 1.165) is 21.3 Å². The van der Waals surface area contributed by atoms with Crippen LogP contribution in [0.1, 0.15) is 28.3 Å². The van der Waals surface area contributed by atoms with E-state index in [1.165, 1.54) is 34.4 Å². The van der Waals surface area contributed by atoms with Crippen LogP contribution in [0.4, 0.5) is 5.13 Å². The van der Waals surface area contributed by atoms with E-state index in [2.05, 4.69) is 4.98 Å². The van der Waals surface area contributed by atoms with Crippen molar-refractivity contribution in [2.45, 2.75) is 19.9 Å². The molecule has 0 radical (unpaired) electrons. The lowest BCUT2D eigenvalue weighted by atomic mass is 9.95.